The van der Waals surface area contributed by atoms with Crippen LogP contribution in [0.4, 0.5) is 13.2 Å². The fourth-order valence-corrected chi connectivity index (χ4v) is 3.32. The van der Waals surface area contributed by atoms with Crippen LogP contribution in [0.2, 0.25) is 0 Å². The molecule has 1 heterocycles. The van der Waals surface area contributed by atoms with Crippen LogP contribution in [0.5, 0.6) is 0 Å². The van der Waals surface area contributed by atoms with Gasteiger partial charge in [-0.1, -0.05) is 13.0 Å². The maximum atomic E-state index is 12.8. The number of carbonyl (C=O) groups excluding carboxylic acids is 1. The largest absolute Gasteiger partial charge is 0.416 e. The number of hydrogen-bond acceptors (Lipinski definition) is 4. The number of carbonyl (C=O) groups is 1. The lowest BCUT2D eigenvalue weighted by molar-refractivity contribution is -0.137. The Balaban J connectivity index is 1.84. The van der Waals surface area contributed by atoms with Crippen LogP contribution < -0.4 is 4.72 Å². The third-order valence-corrected chi connectivity index (χ3v) is 5.29. The van der Waals surface area contributed by atoms with Gasteiger partial charge in [-0.3, -0.25) is 4.79 Å². The zero-order valence-corrected chi connectivity index (χ0v) is 13.8. The van der Waals surface area contributed by atoms with Crippen molar-refractivity contribution in [1.29, 1.82) is 0 Å². The maximum Gasteiger partial charge on any atom is 0.416 e. The predicted molar refractivity (Wildman–Crippen MR) is 81.2 cm³/mol. The number of aromatic nitrogens is 2. The van der Waals surface area contributed by atoms with Crippen LogP contribution in [0, 0.1) is 11.8 Å². The van der Waals surface area contributed by atoms with Crippen molar-refractivity contribution >= 4 is 15.9 Å². The van der Waals surface area contributed by atoms with E-state index in [1.54, 1.807) is 0 Å². The molecule has 1 aromatic carbocycles. The summed E-state index contributed by atoms with van der Waals surface area (Å²) in [7, 11) is -4.12. The third kappa shape index (κ3) is 3.68. The van der Waals surface area contributed by atoms with Crippen molar-refractivity contribution in [2.75, 3.05) is 0 Å². The number of nitrogens with zero attached hydrogens (tertiary/aromatic N) is 2. The molecule has 2 aromatic rings. The molecule has 3 rings (SSSR count). The fraction of sp³-hybridized carbons (Fsp3) is 0.333. The number of halogens is 3. The topological polar surface area (TPSA) is 81.1 Å². The molecule has 1 fully saturated rings. The molecule has 10 heteroatoms. The van der Waals surface area contributed by atoms with Crippen molar-refractivity contribution in [3.05, 3.63) is 42.2 Å². The van der Waals surface area contributed by atoms with E-state index in [9.17, 15) is 26.4 Å². The molecule has 1 saturated carbocycles. The van der Waals surface area contributed by atoms with Gasteiger partial charge >= 0.3 is 6.18 Å². The number of sulfonamides is 1. The molecule has 1 aromatic heterocycles. The molecule has 0 saturated heterocycles. The van der Waals surface area contributed by atoms with Crippen LogP contribution in [0.25, 0.3) is 5.69 Å². The highest BCUT2D eigenvalue weighted by Gasteiger charge is 2.41. The van der Waals surface area contributed by atoms with Crippen molar-refractivity contribution < 1.29 is 26.4 Å². The second-order valence-electron chi connectivity index (χ2n) is 5.96. The first kappa shape index (κ1) is 17.5. The van der Waals surface area contributed by atoms with E-state index >= 15 is 0 Å². The first-order valence-corrected chi connectivity index (χ1v) is 8.85. The number of benzene rings is 1. The average molecular weight is 373 g/mol. The smallest absolute Gasteiger partial charge is 0.274 e. The molecule has 25 heavy (non-hydrogen) atoms. The summed E-state index contributed by atoms with van der Waals surface area (Å²) in [5.74, 6) is -0.768. The highest BCUT2D eigenvalue weighted by Crippen LogP contribution is 2.38. The molecule has 6 nitrogen and oxygen atoms in total. The Morgan fingerprint density at radius 1 is 1.36 bits per heavy atom. The van der Waals surface area contributed by atoms with Gasteiger partial charge in [-0.05, 0) is 30.5 Å². The Bertz CT molecular complexity index is 921. The lowest BCUT2D eigenvalue weighted by Gasteiger charge is -2.08. The molecule has 1 aliphatic carbocycles. The Kier molecular flexibility index (Phi) is 4.10. The summed E-state index contributed by atoms with van der Waals surface area (Å²) in [5, 5.41) is 3.78. The average Bonchev–Trinajstić information content (AvgIpc) is 3.06. The summed E-state index contributed by atoms with van der Waals surface area (Å²) in [5.41, 5.74) is -0.820. The van der Waals surface area contributed by atoms with Gasteiger partial charge in [0.25, 0.3) is 10.0 Å². The highest BCUT2D eigenvalue weighted by atomic mass is 32.2. The normalized spacial score (nSPS) is 20.3. The Hall–Kier alpha value is -2.36. The molecule has 0 aliphatic heterocycles. The van der Waals surface area contributed by atoms with Crippen LogP contribution >= 0.6 is 0 Å². The summed E-state index contributed by atoms with van der Waals surface area (Å²) in [6.07, 6.45) is -1.86. The van der Waals surface area contributed by atoms with Crippen LogP contribution in [0.1, 0.15) is 18.9 Å². The quantitative estimate of drug-likeness (QED) is 0.892. The van der Waals surface area contributed by atoms with Gasteiger partial charge in [0.15, 0.2) is 0 Å². The van der Waals surface area contributed by atoms with E-state index < -0.39 is 27.7 Å². The minimum atomic E-state index is -4.52. The van der Waals surface area contributed by atoms with E-state index in [2.05, 4.69) is 5.10 Å². The van der Waals surface area contributed by atoms with Crippen LogP contribution in [0.15, 0.2) is 41.6 Å². The van der Waals surface area contributed by atoms with E-state index in [0.29, 0.717) is 6.42 Å². The van der Waals surface area contributed by atoms with Crippen molar-refractivity contribution in [3.8, 4) is 5.69 Å². The third-order valence-electron chi connectivity index (χ3n) is 3.99. The van der Waals surface area contributed by atoms with Crippen molar-refractivity contribution in [2.45, 2.75) is 24.4 Å². The molecule has 0 spiro atoms. The first-order valence-electron chi connectivity index (χ1n) is 7.37. The number of nitrogens with one attached hydrogen (secondary N) is 1. The molecular weight excluding hydrogens is 359 g/mol. The molecule has 0 radical (unpaired) electrons. The number of hydrogen-bond donors (Lipinski definition) is 1. The van der Waals surface area contributed by atoms with Crippen LogP contribution in [-0.2, 0) is 21.0 Å². The fourth-order valence-electron chi connectivity index (χ4n) is 2.37. The second-order valence-corrected chi connectivity index (χ2v) is 7.64. The Morgan fingerprint density at radius 3 is 2.64 bits per heavy atom. The van der Waals surface area contributed by atoms with Crippen molar-refractivity contribution in [3.63, 3.8) is 0 Å². The molecule has 2 atom stereocenters. The van der Waals surface area contributed by atoms with Gasteiger partial charge in [0.1, 0.15) is 4.90 Å². The van der Waals surface area contributed by atoms with Gasteiger partial charge in [0.05, 0.1) is 23.6 Å². The van der Waals surface area contributed by atoms with Crippen molar-refractivity contribution in [1.82, 2.24) is 14.5 Å². The van der Waals surface area contributed by atoms with Gasteiger partial charge in [0, 0.05) is 5.92 Å². The highest BCUT2D eigenvalue weighted by molar-refractivity contribution is 7.90. The maximum absolute atomic E-state index is 12.8. The molecule has 0 bridgehead atoms. The summed E-state index contributed by atoms with van der Waals surface area (Å²) in [6.45, 7) is 1.84. The predicted octanol–water partition coefficient (Wildman–Crippen LogP) is 2.35. The molecule has 1 N–H and O–H groups in total. The van der Waals surface area contributed by atoms with E-state index in [0.717, 1.165) is 29.2 Å². The summed E-state index contributed by atoms with van der Waals surface area (Å²) >= 11 is 0. The Morgan fingerprint density at radius 2 is 2.04 bits per heavy atom. The van der Waals surface area contributed by atoms with Gasteiger partial charge in [-0.15, -0.1) is 0 Å². The lowest BCUT2D eigenvalue weighted by atomic mass is 10.2. The van der Waals surface area contributed by atoms with Gasteiger partial charge < -0.3 is 0 Å². The standard InChI is InChI=1S/C15H14F3N3O3S/c1-9-5-13(9)14(22)20-25(23,24)12-7-19-21(8-12)11-4-2-3-10(6-11)15(16,17)18/h2-4,6-9,13H,5H2,1H3,(H,20,22)/t9-,13-/m1/s1. The molecule has 0 unspecified atom stereocenters. The van der Waals surface area contributed by atoms with Gasteiger partial charge in [0.2, 0.25) is 5.91 Å². The number of amides is 1. The molecule has 1 aliphatic rings. The first-order chi connectivity index (χ1) is 11.6. The zero-order chi connectivity index (χ0) is 18.4. The van der Waals surface area contributed by atoms with E-state index in [1.807, 2.05) is 11.6 Å². The molecule has 1 amide bonds. The summed E-state index contributed by atoms with van der Waals surface area (Å²) < 4.78 is 65.6. The monoisotopic (exact) mass is 373 g/mol. The van der Waals surface area contributed by atoms with E-state index in [-0.39, 0.29) is 22.4 Å². The molecule has 134 valence electrons. The number of rotatable bonds is 4. The Labute approximate surface area is 141 Å². The minimum Gasteiger partial charge on any atom is -0.274 e. The van der Waals surface area contributed by atoms with Crippen LogP contribution in [0.3, 0.4) is 0 Å². The second kappa shape index (κ2) is 5.87. The summed E-state index contributed by atoms with van der Waals surface area (Å²) in [6, 6.07) is 4.32. The van der Waals surface area contributed by atoms with Gasteiger partial charge in [-0.2, -0.15) is 18.3 Å². The van der Waals surface area contributed by atoms with E-state index in [1.165, 1.54) is 12.1 Å². The minimum absolute atomic E-state index is 0.0541. The van der Waals surface area contributed by atoms with E-state index in [4.69, 9.17) is 0 Å². The molecular formula is C15H14F3N3O3S. The zero-order valence-electron chi connectivity index (χ0n) is 13.0. The summed E-state index contributed by atoms with van der Waals surface area (Å²) in [4.78, 5) is 11.5. The van der Waals surface area contributed by atoms with Crippen LogP contribution in [-0.4, -0.2) is 24.1 Å². The van der Waals surface area contributed by atoms with Crippen molar-refractivity contribution in [2.24, 2.45) is 11.8 Å². The van der Waals surface area contributed by atoms with Gasteiger partial charge in [-0.25, -0.2) is 17.8 Å². The lowest BCUT2D eigenvalue weighted by Crippen LogP contribution is -2.31. The number of alkyl halides is 3. The SMILES string of the molecule is C[C@@H]1C[C@H]1C(=O)NS(=O)(=O)c1cnn(-c2cccc(C(F)(F)F)c2)c1.